The molecule has 2 heteroatoms. The minimum absolute atomic E-state index is 0.0320. The zero-order valence-electron chi connectivity index (χ0n) is 12.2. The maximum atomic E-state index is 10.4. The molecule has 2 atom stereocenters. The van der Waals surface area contributed by atoms with Crippen molar-refractivity contribution in [2.24, 2.45) is 5.92 Å². The van der Waals surface area contributed by atoms with Crippen molar-refractivity contribution in [1.82, 2.24) is 4.90 Å². The van der Waals surface area contributed by atoms with E-state index in [1.165, 1.54) is 16.3 Å². The predicted molar refractivity (Wildman–Crippen MR) is 81.2 cm³/mol. The number of rotatable bonds is 4. The fraction of sp³-hybridized carbons (Fsp3) is 0.412. The van der Waals surface area contributed by atoms with E-state index in [1.807, 2.05) is 20.2 Å². The molecule has 0 fully saturated rings. The average Bonchev–Trinajstić information content (AvgIpc) is 2.38. The van der Waals surface area contributed by atoms with Gasteiger partial charge in [-0.15, -0.1) is 0 Å². The third-order valence-corrected chi connectivity index (χ3v) is 3.68. The third-order valence-electron chi connectivity index (χ3n) is 3.68. The van der Waals surface area contributed by atoms with E-state index >= 15 is 0 Å². The van der Waals surface area contributed by atoms with Crippen LogP contribution in [-0.2, 0) is 0 Å². The Morgan fingerprint density at radius 3 is 2.16 bits per heavy atom. The predicted octanol–water partition coefficient (Wildman–Crippen LogP) is 3.46. The van der Waals surface area contributed by atoms with Gasteiger partial charge in [0.2, 0.25) is 0 Å². The first-order valence-electron chi connectivity index (χ1n) is 6.84. The van der Waals surface area contributed by atoms with Crippen molar-refractivity contribution in [3.63, 3.8) is 0 Å². The van der Waals surface area contributed by atoms with Crippen LogP contribution in [0.2, 0.25) is 0 Å². The van der Waals surface area contributed by atoms with Gasteiger partial charge in [0.1, 0.15) is 0 Å². The molecule has 0 bridgehead atoms. The van der Waals surface area contributed by atoms with E-state index in [-0.39, 0.29) is 18.1 Å². The van der Waals surface area contributed by atoms with Gasteiger partial charge in [0.05, 0.1) is 12.1 Å². The highest BCUT2D eigenvalue weighted by Gasteiger charge is 2.25. The second kappa shape index (κ2) is 5.72. The van der Waals surface area contributed by atoms with Gasteiger partial charge in [-0.25, -0.2) is 0 Å². The Hall–Kier alpha value is -1.38. The van der Waals surface area contributed by atoms with Crippen molar-refractivity contribution < 1.29 is 5.11 Å². The Morgan fingerprint density at radius 2 is 1.58 bits per heavy atom. The zero-order chi connectivity index (χ0) is 14.0. The number of hydrogen-bond acceptors (Lipinski definition) is 2. The largest absolute Gasteiger partial charge is 0.391 e. The number of hydrogen-bond donors (Lipinski definition) is 1. The molecule has 1 N–H and O–H groups in total. The summed E-state index contributed by atoms with van der Waals surface area (Å²) in [5, 5.41) is 12.9. The number of likely N-dealkylation sites (N-methyl/N-ethyl adjacent to an activating group) is 1. The highest BCUT2D eigenvalue weighted by atomic mass is 16.3. The first-order chi connectivity index (χ1) is 9.00. The molecule has 102 valence electrons. The van der Waals surface area contributed by atoms with Crippen molar-refractivity contribution in [3.8, 4) is 0 Å². The van der Waals surface area contributed by atoms with Crippen molar-refractivity contribution in [3.05, 3.63) is 48.0 Å². The minimum Gasteiger partial charge on any atom is -0.391 e. The molecule has 0 amide bonds. The number of fused-ring (bicyclic) bond motifs is 1. The zero-order valence-corrected chi connectivity index (χ0v) is 12.2. The fourth-order valence-electron chi connectivity index (χ4n) is 2.56. The van der Waals surface area contributed by atoms with Crippen LogP contribution in [0, 0.1) is 5.92 Å². The number of benzene rings is 2. The van der Waals surface area contributed by atoms with Gasteiger partial charge in [0.15, 0.2) is 0 Å². The van der Waals surface area contributed by atoms with Crippen LogP contribution in [0.3, 0.4) is 0 Å². The number of aliphatic hydroxyl groups is 1. The molecule has 2 nitrogen and oxygen atoms in total. The normalized spacial score (nSPS) is 15.1. The molecule has 0 radical (unpaired) electrons. The molecule has 2 unspecified atom stereocenters. The average molecular weight is 257 g/mol. The Kier molecular flexibility index (Phi) is 4.23. The van der Waals surface area contributed by atoms with E-state index < -0.39 is 0 Å². The monoisotopic (exact) mass is 257 g/mol. The van der Waals surface area contributed by atoms with E-state index in [2.05, 4.69) is 55.1 Å². The molecule has 0 saturated heterocycles. The van der Waals surface area contributed by atoms with E-state index in [4.69, 9.17) is 0 Å². The number of aliphatic hydroxyl groups excluding tert-OH is 1. The third kappa shape index (κ3) is 2.96. The summed E-state index contributed by atoms with van der Waals surface area (Å²) in [6.45, 7) is 4.12. The van der Waals surface area contributed by atoms with Crippen molar-refractivity contribution in [1.29, 1.82) is 0 Å². The summed E-state index contributed by atoms with van der Waals surface area (Å²) in [6, 6.07) is 14.8. The van der Waals surface area contributed by atoms with Crippen LogP contribution in [0.4, 0.5) is 0 Å². The number of nitrogens with zero attached hydrogens (tertiary/aromatic N) is 1. The van der Waals surface area contributed by atoms with Crippen LogP contribution in [0.15, 0.2) is 42.5 Å². The van der Waals surface area contributed by atoms with Gasteiger partial charge >= 0.3 is 0 Å². The van der Waals surface area contributed by atoms with Crippen LogP contribution < -0.4 is 0 Å². The molecule has 0 heterocycles. The summed E-state index contributed by atoms with van der Waals surface area (Å²) in [5.74, 6) is 0.235. The Bertz CT molecular complexity index is 548. The van der Waals surface area contributed by atoms with E-state index in [0.29, 0.717) is 0 Å². The van der Waals surface area contributed by atoms with Gasteiger partial charge in [0, 0.05) is 0 Å². The maximum absolute atomic E-state index is 10.4. The molecule has 2 rings (SSSR count). The van der Waals surface area contributed by atoms with Crippen LogP contribution in [0.1, 0.15) is 25.5 Å². The summed E-state index contributed by atoms with van der Waals surface area (Å²) in [5.41, 5.74) is 1.17. The molecule has 0 spiro atoms. The van der Waals surface area contributed by atoms with Crippen LogP contribution >= 0.6 is 0 Å². The Morgan fingerprint density at radius 1 is 0.947 bits per heavy atom. The lowest BCUT2D eigenvalue weighted by atomic mass is 9.91. The molecule has 0 aliphatic heterocycles. The molecule has 0 aliphatic carbocycles. The molecule has 2 aromatic rings. The lowest BCUT2D eigenvalue weighted by Crippen LogP contribution is -2.34. The van der Waals surface area contributed by atoms with Crippen LogP contribution in [0.25, 0.3) is 10.8 Å². The lowest BCUT2D eigenvalue weighted by molar-refractivity contribution is 0.0401. The quantitative estimate of drug-likeness (QED) is 0.906. The van der Waals surface area contributed by atoms with Gasteiger partial charge in [-0.2, -0.15) is 0 Å². The Balaban J connectivity index is 2.44. The first kappa shape index (κ1) is 14.0. The van der Waals surface area contributed by atoms with Crippen molar-refractivity contribution in [2.45, 2.75) is 26.0 Å². The van der Waals surface area contributed by atoms with Gasteiger partial charge in [-0.1, -0.05) is 50.2 Å². The SMILES string of the molecule is CC(C)C(O)C(c1ccc2ccccc2c1)N(C)C. The second-order valence-electron chi connectivity index (χ2n) is 5.75. The molecular formula is C17H23NO. The highest BCUT2D eigenvalue weighted by Crippen LogP contribution is 2.28. The summed E-state index contributed by atoms with van der Waals surface area (Å²) in [6.07, 6.45) is -0.365. The molecule has 2 aromatic carbocycles. The topological polar surface area (TPSA) is 23.5 Å². The standard InChI is InChI=1S/C17H23NO/c1-12(2)17(19)16(18(3)4)15-10-9-13-7-5-6-8-14(13)11-15/h5-12,16-17,19H,1-4H3. The minimum atomic E-state index is -0.365. The van der Waals surface area contributed by atoms with Gasteiger partial charge in [-0.3, -0.25) is 0 Å². The van der Waals surface area contributed by atoms with E-state index in [0.717, 1.165) is 0 Å². The van der Waals surface area contributed by atoms with Crippen molar-refractivity contribution in [2.75, 3.05) is 14.1 Å². The molecule has 0 aromatic heterocycles. The van der Waals surface area contributed by atoms with Crippen LogP contribution in [-0.4, -0.2) is 30.2 Å². The maximum Gasteiger partial charge on any atom is 0.0759 e. The molecule has 0 aliphatic rings. The van der Waals surface area contributed by atoms with Gasteiger partial charge < -0.3 is 10.0 Å². The Labute approximate surface area is 115 Å². The van der Waals surface area contributed by atoms with Gasteiger partial charge in [0.25, 0.3) is 0 Å². The van der Waals surface area contributed by atoms with Gasteiger partial charge in [-0.05, 0) is 42.4 Å². The molecular weight excluding hydrogens is 234 g/mol. The summed E-state index contributed by atoms with van der Waals surface area (Å²) >= 11 is 0. The lowest BCUT2D eigenvalue weighted by Gasteiger charge is -2.32. The summed E-state index contributed by atoms with van der Waals surface area (Å²) in [7, 11) is 4.04. The highest BCUT2D eigenvalue weighted by molar-refractivity contribution is 5.83. The molecule has 19 heavy (non-hydrogen) atoms. The fourth-order valence-corrected chi connectivity index (χ4v) is 2.56. The van der Waals surface area contributed by atoms with E-state index in [1.54, 1.807) is 0 Å². The smallest absolute Gasteiger partial charge is 0.0759 e. The van der Waals surface area contributed by atoms with Crippen LogP contribution in [0.5, 0.6) is 0 Å². The molecule has 0 saturated carbocycles. The summed E-state index contributed by atoms with van der Waals surface area (Å²) < 4.78 is 0. The summed E-state index contributed by atoms with van der Waals surface area (Å²) in [4.78, 5) is 2.09. The first-order valence-corrected chi connectivity index (χ1v) is 6.84. The second-order valence-corrected chi connectivity index (χ2v) is 5.75. The van der Waals surface area contributed by atoms with E-state index in [9.17, 15) is 5.11 Å². The van der Waals surface area contributed by atoms with Crippen molar-refractivity contribution >= 4 is 10.8 Å².